The Morgan fingerprint density at radius 1 is 0.264 bits per heavy atom. The molecule has 0 heterocycles. The molecule has 121 heavy (non-hydrogen) atoms. The van der Waals surface area contributed by atoms with Crippen molar-refractivity contribution in [3.8, 4) is 0 Å². The lowest BCUT2D eigenvalue weighted by molar-refractivity contribution is -0.148. The number of unbranched alkanes of at least 4 members (excludes halogenated alkanes) is 21. The largest absolute Gasteiger partial charge is 0.464 e. The first-order valence-corrected chi connectivity index (χ1v) is 47.3. The highest BCUT2D eigenvalue weighted by atomic mass is 16.5. The van der Waals surface area contributed by atoms with Gasteiger partial charge >= 0.3 is 23.9 Å². The molecule has 3 N–H and O–H groups in total. The summed E-state index contributed by atoms with van der Waals surface area (Å²) < 4.78 is 33.4. The van der Waals surface area contributed by atoms with E-state index in [0.717, 1.165) is 205 Å². The minimum atomic E-state index is -0.974. The molecule has 0 aromatic carbocycles. The predicted octanol–water partition coefficient (Wildman–Crippen LogP) is 22.1. The van der Waals surface area contributed by atoms with Gasteiger partial charge in [-0.2, -0.15) is 0 Å². The van der Waals surface area contributed by atoms with Gasteiger partial charge in [0.2, 0.25) is 29.5 Å². The summed E-state index contributed by atoms with van der Waals surface area (Å²) in [5.74, 6) is -3.48. The van der Waals surface area contributed by atoms with Gasteiger partial charge in [0.25, 0.3) is 0 Å². The molecule has 0 spiro atoms. The van der Waals surface area contributed by atoms with Crippen molar-refractivity contribution in [3.63, 3.8) is 0 Å². The molecule has 5 amide bonds. The van der Waals surface area contributed by atoms with Crippen LogP contribution >= 0.6 is 0 Å². The second-order valence-corrected chi connectivity index (χ2v) is 30.5. The molecule has 0 aliphatic carbocycles. The Labute approximate surface area is 733 Å². The van der Waals surface area contributed by atoms with Crippen molar-refractivity contribution in [2.24, 2.45) is 0 Å². The number of hydrogen-bond acceptors (Lipinski definition) is 15. The molecule has 0 aliphatic rings. The standard InChI is InChI=1S/C101H167N5O15/c1-6-11-15-19-23-27-31-35-39-43-47-51-55-59-63-71-97(111)118-86-81-105(82-87-119-98(112)72-64-60-56-52-48-44-40-36-32-28-24-20-16-12-7-2)95(109)77-75-93(107)102-79-68-67-70-92(101(115)103-80-69-85-117-91-90-116-10-5)104-94(108)76-78-96(110)106(83-88-120-99(113)73-65-61-57-53-49-45-41-37-33-29-25-21-17-13-8-3)84-89-121-100(114)74-66-62-58-54-50-46-42-38-34-30-26-22-18-14-9-4/h11-18,23-30,35-42,92H,6-10,19-22,31-34,43-91H2,1-5H3,(H,102,107)(H,103,115)(H,104,108)/b15-11-,16-12-,17-13-,18-14-,27-23-,28-24-,29-25-,30-26-,39-35-,40-36-,41-37-,42-38-/t92-/m0/s1. The highest BCUT2D eigenvalue weighted by Crippen LogP contribution is 2.15. The topological polar surface area (TPSA) is 252 Å². The van der Waals surface area contributed by atoms with Crippen LogP contribution in [0.15, 0.2) is 146 Å². The van der Waals surface area contributed by atoms with E-state index in [0.29, 0.717) is 71.4 Å². The molecule has 0 bridgehead atoms. The van der Waals surface area contributed by atoms with Gasteiger partial charge in [-0.1, -0.05) is 251 Å². The van der Waals surface area contributed by atoms with Crippen LogP contribution in [-0.2, 0) is 71.6 Å². The predicted molar refractivity (Wildman–Crippen MR) is 496 cm³/mol. The van der Waals surface area contributed by atoms with Crippen molar-refractivity contribution in [1.29, 1.82) is 0 Å². The minimum Gasteiger partial charge on any atom is -0.464 e. The van der Waals surface area contributed by atoms with Crippen molar-refractivity contribution in [3.05, 3.63) is 146 Å². The Morgan fingerprint density at radius 3 is 0.884 bits per heavy atom. The number of carbonyl (C=O) groups is 9. The first-order chi connectivity index (χ1) is 59.3. The number of nitrogens with one attached hydrogen (secondary N) is 3. The van der Waals surface area contributed by atoms with Gasteiger partial charge in [0.05, 0.1) is 39.4 Å². The zero-order chi connectivity index (χ0) is 88.1. The number of esters is 4. The summed E-state index contributed by atoms with van der Waals surface area (Å²) in [6.45, 7) is 12.7. The quantitative estimate of drug-likeness (QED) is 0.0222. The van der Waals surface area contributed by atoms with Gasteiger partial charge in [-0.3, -0.25) is 43.2 Å². The van der Waals surface area contributed by atoms with Crippen LogP contribution in [0.2, 0.25) is 0 Å². The van der Waals surface area contributed by atoms with Gasteiger partial charge in [-0.15, -0.1) is 0 Å². The maximum absolute atomic E-state index is 14.0. The second kappa shape index (κ2) is 91.2. The van der Waals surface area contributed by atoms with E-state index < -0.39 is 23.8 Å². The normalized spacial score (nSPS) is 12.3. The minimum absolute atomic E-state index is 0.0300. The number of rotatable bonds is 85. The summed E-state index contributed by atoms with van der Waals surface area (Å²) in [6, 6.07) is -0.974. The van der Waals surface area contributed by atoms with Crippen molar-refractivity contribution in [2.75, 3.05) is 92.1 Å². The number of nitrogens with zero attached hydrogens (tertiary/aromatic N) is 2. The first kappa shape index (κ1) is 113. The van der Waals surface area contributed by atoms with E-state index in [9.17, 15) is 43.2 Å². The van der Waals surface area contributed by atoms with Crippen molar-refractivity contribution in [1.82, 2.24) is 25.8 Å². The molecule has 0 aromatic rings. The van der Waals surface area contributed by atoms with Crippen LogP contribution in [0.4, 0.5) is 0 Å². The number of carbonyl (C=O) groups excluding carboxylic acids is 9. The van der Waals surface area contributed by atoms with Gasteiger partial charge in [0.1, 0.15) is 32.5 Å². The van der Waals surface area contributed by atoms with Crippen LogP contribution in [0.25, 0.3) is 0 Å². The molecule has 686 valence electrons. The monoisotopic (exact) mass is 1690 g/mol. The molecule has 0 unspecified atom stereocenters. The lowest BCUT2D eigenvalue weighted by Crippen LogP contribution is -2.47. The molecule has 20 nitrogen and oxygen atoms in total. The molecule has 0 aliphatic heterocycles. The van der Waals surface area contributed by atoms with Crippen LogP contribution in [-0.4, -0.2) is 161 Å². The molecular weight excluding hydrogens is 1520 g/mol. The lowest BCUT2D eigenvalue weighted by atomic mass is 10.1. The van der Waals surface area contributed by atoms with Crippen LogP contribution in [0, 0.1) is 0 Å². The van der Waals surface area contributed by atoms with E-state index in [1.54, 1.807) is 0 Å². The molecule has 0 fully saturated rings. The van der Waals surface area contributed by atoms with Gasteiger partial charge in [0.15, 0.2) is 0 Å². The maximum Gasteiger partial charge on any atom is 0.305 e. The summed E-state index contributed by atoms with van der Waals surface area (Å²) in [5.41, 5.74) is 0. The third-order valence-corrected chi connectivity index (χ3v) is 19.7. The molecule has 0 saturated carbocycles. The summed E-state index contributed by atoms with van der Waals surface area (Å²) in [4.78, 5) is 123. The van der Waals surface area contributed by atoms with E-state index >= 15 is 0 Å². The van der Waals surface area contributed by atoms with Gasteiger partial charge in [0, 0.05) is 77.7 Å². The fourth-order valence-electron chi connectivity index (χ4n) is 12.6. The molecule has 0 aromatic heterocycles. The Kier molecular flexibility index (Phi) is 85.2. The van der Waals surface area contributed by atoms with Gasteiger partial charge < -0.3 is 54.2 Å². The lowest BCUT2D eigenvalue weighted by Gasteiger charge is -2.23. The van der Waals surface area contributed by atoms with E-state index in [1.165, 1.54) is 9.80 Å². The third-order valence-electron chi connectivity index (χ3n) is 19.7. The van der Waals surface area contributed by atoms with Crippen LogP contribution < -0.4 is 16.0 Å². The summed E-state index contributed by atoms with van der Waals surface area (Å²) >= 11 is 0. The zero-order valence-corrected chi connectivity index (χ0v) is 76.3. The molecule has 0 radical (unpaired) electrons. The smallest absolute Gasteiger partial charge is 0.305 e. The SMILES string of the molecule is CC/C=C\C/C=C\C/C=C\CCCCCCCC(=O)OCCN(CCOC(=O)CCCCCCC/C=C\C/C=C\C/C=C\CC)C(=O)CCC(=O)NCCCC[C@H](NC(=O)CCC(=O)N(CCOC(=O)CCCCCCC/C=C\C/C=C\C/C=C\CC)CCOC(=O)CCCCCCC/C=C\C/C=C\C/C=C\CC)C(=O)NCCCOCCOCC. The van der Waals surface area contributed by atoms with E-state index in [1.807, 2.05) is 6.92 Å². The van der Waals surface area contributed by atoms with Crippen molar-refractivity contribution >= 4 is 53.4 Å². The highest BCUT2D eigenvalue weighted by molar-refractivity contribution is 5.89. The highest BCUT2D eigenvalue weighted by Gasteiger charge is 2.24. The average Bonchev–Trinajstić information content (AvgIpc) is 0.907. The van der Waals surface area contributed by atoms with Gasteiger partial charge in [-0.25, -0.2) is 0 Å². The number of hydrogen-bond donors (Lipinski definition) is 3. The zero-order valence-electron chi connectivity index (χ0n) is 76.3. The summed E-state index contributed by atoms with van der Waals surface area (Å²) in [7, 11) is 0. The third kappa shape index (κ3) is 82.7. The summed E-state index contributed by atoms with van der Waals surface area (Å²) in [6.07, 6.45) is 89.6. The molecular formula is C101H167N5O15. The van der Waals surface area contributed by atoms with Crippen LogP contribution in [0.1, 0.15) is 343 Å². The van der Waals surface area contributed by atoms with Crippen molar-refractivity contribution < 1.29 is 71.6 Å². The van der Waals surface area contributed by atoms with Crippen molar-refractivity contribution in [2.45, 2.75) is 349 Å². The van der Waals surface area contributed by atoms with Gasteiger partial charge in [-0.05, 0) is 187 Å². The summed E-state index contributed by atoms with van der Waals surface area (Å²) in [5, 5.41) is 8.62. The fraction of sp³-hybridized carbons (Fsp3) is 0.673. The molecule has 20 heteroatoms. The fourth-order valence-corrected chi connectivity index (χ4v) is 12.6. The van der Waals surface area contributed by atoms with Crippen LogP contribution in [0.5, 0.6) is 0 Å². The molecule has 0 rings (SSSR count). The number of ether oxygens (including phenoxy) is 6. The number of allylic oxidation sites excluding steroid dienone is 24. The van der Waals surface area contributed by atoms with Crippen LogP contribution in [0.3, 0.4) is 0 Å². The van der Waals surface area contributed by atoms with E-state index in [4.69, 9.17) is 28.4 Å². The molecule has 1 atom stereocenters. The molecule has 0 saturated heterocycles. The Balaban J connectivity index is 5.80. The Hall–Kier alpha value is -7.97. The second-order valence-electron chi connectivity index (χ2n) is 30.5. The van der Waals surface area contributed by atoms with E-state index in [-0.39, 0.29) is 159 Å². The Bertz CT molecular complexity index is 2820. The average molecular weight is 1690 g/mol. The number of amides is 5. The maximum atomic E-state index is 14.0. The Morgan fingerprint density at radius 2 is 0.554 bits per heavy atom. The van der Waals surface area contributed by atoms with E-state index in [2.05, 4.69) is 189 Å². The first-order valence-electron chi connectivity index (χ1n) is 47.3.